The summed E-state index contributed by atoms with van der Waals surface area (Å²) in [6.45, 7) is 15.6. The van der Waals surface area contributed by atoms with Crippen molar-refractivity contribution in [1.82, 2.24) is 19.5 Å². The van der Waals surface area contributed by atoms with Crippen molar-refractivity contribution in [2.24, 2.45) is 5.41 Å². The second-order valence-electron chi connectivity index (χ2n) is 8.80. The topological polar surface area (TPSA) is 50.6 Å². The molecule has 2 saturated heterocycles. The van der Waals surface area contributed by atoms with Crippen molar-refractivity contribution in [3.8, 4) is 0 Å². The average Bonchev–Trinajstić information content (AvgIpc) is 3.29. The number of nitrogens with zero attached hydrogens (tertiary/aromatic N) is 4. The molecule has 0 amide bonds. The zero-order chi connectivity index (χ0) is 19.4. The summed E-state index contributed by atoms with van der Waals surface area (Å²) < 4.78 is 2.32. The van der Waals surface area contributed by atoms with Crippen LogP contribution in [0.25, 0.3) is 6.08 Å². The van der Waals surface area contributed by atoms with Crippen LogP contribution >= 0.6 is 0 Å². The van der Waals surface area contributed by atoms with Crippen LogP contribution in [0.3, 0.4) is 0 Å². The van der Waals surface area contributed by atoms with Gasteiger partial charge in [-0.3, -0.25) is 0 Å². The Hall–Kier alpha value is -1.66. The Balaban J connectivity index is 1.58. The highest BCUT2D eigenvalue weighted by molar-refractivity contribution is 5.75. The van der Waals surface area contributed by atoms with Crippen LogP contribution in [0.15, 0.2) is 12.8 Å². The summed E-state index contributed by atoms with van der Waals surface area (Å²) in [6, 6.07) is 0. The second-order valence-corrected chi connectivity index (χ2v) is 8.80. The molecule has 6 nitrogen and oxygen atoms in total. The summed E-state index contributed by atoms with van der Waals surface area (Å²) in [4.78, 5) is 25.0. The zero-order valence-corrected chi connectivity index (χ0v) is 17.1. The number of imidazole rings is 1. The molecule has 150 valence electrons. The molecule has 2 fully saturated rings. The lowest BCUT2D eigenvalue weighted by atomic mass is 9.96. The molecule has 0 spiro atoms. The smallest absolute Gasteiger partial charge is 0.330 e. The molecule has 0 saturated carbocycles. The Morgan fingerprint density at radius 2 is 1.89 bits per heavy atom. The number of piperidine rings is 1. The number of likely N-dealkylation sites (tertiary alicyclic amines) is 1. The third-order valence-electron chi connectivity index (χ3n) is 5.53. The van der Waals surface area contributed by atoms with Gasteiger partial charge in [-0.15, -0.1) is 5.06 Å². The van der Waals surface area contributed by atoms with Crippen molar-refractivity contribution in [2.45, 2.75) is 58.9 Å². The third kappa shape index (κ3) is 5.20. The van der Waals surface area contributed by atoms with E-state index in [1.54, 1.807) is 0 Å². The number of hydrogen-bond donors (Lipinski definition) is 0. The molecule has 1 aromatic rings. The van der Waals surface area contributed by atoms with Gasteiger partial charge in [0.2, 0.25) is 0 Å². The minimum Gasteiger partial charge on any atom is -0.367 e. The van der Waals surface area contributed by atoms with Gasteiger partial charge in [0.05, 0.1) is 11.1 Å². The molecule has 2 aliphatic heterocycles. The summed E-state index contributed by atoms with van der Waals surface area (Å²) in [7, 11) is 0. The molecule has 0 radical (unpaired) electrons. The van der Waals surface area contributed by atoms with E-state index in [1.165, 1.54) is 25.9 Å². The zero-order valence-electron chi connectivity index (χ0n) is 17.1. The van der Waals surface area contributed by atoms with Crippen LogP contribution in [-0.2, 0) is 16.2 Å². The second kappa shape index (κ2) is 8.57. The normalized spacial score (nSPS) is 20.1. The van der Waals surface area contributed by atoms with E-state index in [2.05, 4.69) is 22.2 Å². The first-order valence-electron chi connectivity index (χ1n) is 10.3. The standard InChI is InChI=1S/C21H34N4O2/c1-5-18-16-24(15-14-23-10-6-7-11-23)19(22-18)17-8-12-25(13-9-17)27-20(26)21(2,3)4/h5,16-17H,1,6-15H2,2-4H3. The van der Waals surface area contributed by atoms with E-state index in [-0.39, 0.29) is 5.97 Å². The van der Waals surface area contributed by atoms with Gasteiger partial charge < -0.3 is 14.3 Å². The van der Waals surface area contributed by atoms with Crippen LogP contribution < -0.4 is 0 Å². The number of hydrogen-bond acceptors (Lipinski definition) is 5. The van der Waals surface area contributed by atoms with Gasteiger partial charge in [0.15, 0.2) is 0 Å². The van der Waals surface area contributed by atoms with Crippen LogP contribution in [0.1, 0.15) is 63.9 Å². The molecule has 0 aliphatic carbocycles. The lowest BCUT2D eigenvalue weighted by molar-refractivity contribution is -0.204. The molecule has 3 rings (SSSR count). The molecule has 6 heteroatoms. The number of hydroxylamine groups is 2. The highest BCUT2D eigenvalue weighted by atomic mass is 16.7. The lowest BCUT2D eigenvalue weighted by Gasteiger charge is -2.32. The van der Waals surface area contributed by atoms with E-state index in [1.807, 2.05) is 31.9 Å². The van der Waals surface area contributed by atoms with Crippen LogP contribution in [0, 0.1) is 5.41 Å². The first-order valence-corrected chi connectivity index (χ1v) is 10.3. The van der Waals surface area contributed by atoms with Crippen molar-refractivity contribution >= 4 is 12.0 Å². The quantitative estimate of drug-likeness (QED) is 0.765. The Kier molecular flexibility index (Phi) is 6.37. The number of aromatic nitrogens is 2. The summed E-state index contributed by atoms with van der Waals surface area (Å²) in [5.41, 5.74) is 0.481. The summed E-state index contributed by atoms with van der Waals surface area (Å²) in [5.74, 6) is 1.40. The Morgan fingerprint density at radius 1 is 1.22 bits per heavy atom. The van der Waals surface area contributed by atoms with E-state index >= 15 is 0 Å². The molecule has 0 aromatic carbocycles. The van der Waals surface area contributed by atoms with Gasteiger partial charge in [-0.1, -0.05) is 6.58 Å². The van der Waals surface area contributed by atoms with E-state index < -0.39 is 5.41 Å². The van der Waals surface area contributed by atoms with Gasteiger partial charge in [0.1, 0.15) is 5.82 Å². The molecular weight excluding hydrogens is 340 g/mol. The molecule has 2 aliphatic rings. The van der Waals surface area contributed by atoms with E-state index in [0.717, 1.165) is 50.5 Å². The highest BCUT2D eigenvalue weighted by Crippen LogP contribution is 2.29. The van der Waals surface area contributed by atoms with Crippen LogP contribution in [0.5, 0.6) is 0 Å². The first-order chi connectivity index (χ1) is 12.9. The van der Waals surface area contributed by atoms with Crippen molar-refractivity contribution in [3.63, 3.8) is 0 Å². The molecule has 27 heavy (non-hydrogen) atoms. The number of rotatable bonds is 6. The van der Waals surface area contributed by atoms with E-state index in [4.69, 9.17) is 9.82 Å². The average molecular weight is 375 g/mol. The van der Waals surface area contributed by atoms with Gasteiger partial charge >= 0.3 is 5.97 Å². The SMILES string of the molecule is C=Cc1cn(CCN2CCCC2)c(C2CCN(OC(=O)C(C)(C)C)CC2)n1. The summed E-state index contributed by atoms with van der Waals surface area (Å²) in [5, 5.41) is 1.82. The number of carbonyl (C=O) groups is 1. The van der Waals surface area contributed by atoms with Gasteiger partial charge in [-0.25, -0.2) is 9.78 Å². The minimum atomic E-state index is -0.471. The molecule has 0 unspecified atom stereocenters. The van der Waals surface area contributed by atoms with Gasteiger partial charge in [-0.2, -0.15) is 0 Å². The molecule has 0 bridgehead atoms. The molecule has 0 atom stereocenters. The summed E-state index contributed by atoms with van der Waals surface area (Å²) >= 11 is 0. The van der Waals surface area contributed by atoms with Crippen molar-refractivity contribution in [3.05, 3.63) is 24.3 Å². The molecule has 0 N–H and O–H groups in total. The Bertz CT molecular complexity index is 648. The van der Waals surface area contributed by atoms with Crippen LogP contribution in [0.2, 0.25) is 0 Å². The molecule has 3 heterocycles. The van der Waals surface area contributed by atoms with Gasteiger partial charge in [-0.05, 0) is 65.6 Å². The molecular formula is C21H34N4O2. The van der Waals surface area contributed by atoms with Crippen molar-refractivity contribution < 1.29 is 9.63 Å². The predicted molar refractivity (Wildman–Crippen MR) is 107 cm³/mol. The molecule has 1 aromatic heterocycles. The monoisotopic (exact) mass is 374 g/mol. The third-order valence-corrected chi connectivity index (χ3v) is 5.53. The van der Waals surface area contributed by atoms with E-state index in [0.29, 0.717) is 5.92 Å². The maximum absolute atomic E-state index is 12.1. The minimum absolute atomic E-state index is 0.165. The van der Waals surface area contributed by atoms with E-state index in [9.17, 15) is 4.79 Å². The first kappa shape index (κ1) is 20.1. The maximum atomic E-state index is 12.1. The van der Waals surface area contributed by atoms with Crippen molar-refractivity contribution in [1.29, 1.82) is 0 Å². The Labute approximate surface area is 163 Å². The largest absolute Gasteiger partial charge is 0.367 e. The summed E-state index contributed by atoms with van der Waals surface area (Å²) in [6.07, 6.45) is 8.50. The van der Waals surface area contributed by atoms with Gasteiger partial charge in [0.25, 0.3) is 0 Å². The van der Waals surface area contributed by atoms with Gasteiger partial charge in [0, 0.05) is 38.3 Å². The van der Waals surface area contributed by atoms with Crippen molar-refractivity contribution in [2.75, 3.05) is 32.7 Å². The number of carbonyl (C=O) groups excluding carboxylic acids is 1. The predicted octanol–water partition coefficient (Wildman–Crippen LogP) is 3.31. The fraction of sp³-hybridized carbons (Fsp3) is 0.714. The van der Waals surface area contributed by atoms with Crippen LogP contribution in [-0.4, -0.2) is 58.2 Å². The maximum Gasteiger partial charge on any atom is 0.330 e. The Morgan fingerprint density at radius 3 is 2.48 bits per heavy atom. The highest BCUT2D eigenvalue weighted by Gasteiger charge is 2.30. The lowest BCUT2D eigenvalue weighted by Crippen LogP contribution is -2.38. The fourth-order valence-corrected chi connectivity index (χ4v) is 3.77. The van der Waals surface area contributed by atoms with Crippen LogP contribution in [0.4, 0.5) is 0 Å². The fourth-order valence-electron chi connectivity index (χ4n) is 3.77.